The van der Waals surface area contributed by atoms with Crippen LogP contribution in [0, 0.1) is 0 Å². The summed E-state index contributed by atoms with van der Waals surface area (Å²) in [5.74, 6) is 0.502. The lowest BCUT2D eigenvalue weighted by molar-refractivity contribution is -0.137. The molecule has 29 heavy (non-hydrogen) atoms. The maximum Gasteiger partial charge on any atom is 0.417 e. The molecule has 2 aromatic rings. The highest BCUT2D eigenvalue weighted by atomic mass is 19.4. The molecule has 0 aliphatic carbocycles. The number of hydrogen-bond donors (Lipinski definition) is 0. The number of anilines is 1. The van der Waals surface area contributed by atoms with Crippen molar-refractivity contribution in [2.24, 2.45) is 0 Å². The molecule has 0 spiro atoms. The first-order chi connectivity index (χ1) is 13.9. The van der Waals surface area contributed by atoms with E-state index >= 15 is 0 Å². The van der Waals surface area contributed by atoms with E-state index in [2.05, 4.69) is 9.97 Å². The summed E-state index contributed by atoms with van der Waals surface area (Å²) < 4.78 is 48.5. The number of nitrogens with zero attached hydrogens (tertiary/aromatic N) is 4. The lowest BCUT2D eigenvalue weighted by Crippen LogP contribution is -2.49. The van der Waals surface area contributed by atoms with Crippen LogP contribution in [-0.2, 0) is 10.9 Å². The number of piperazine rings is 1. The fraction of sp³-hybridized carbons (Fsp3) is 0.421. The third kappa shape index (κ3) is 5.14. The van der Waals surface area contributed by atoms with Gasteiger partial charge in [-0.25, -0.2) is 9.97 Å². The van der Waals surface area contributed by atoms with Crippen LogP contribution >= 0.6 is 0 Å². The molecule has 2 aromatic heterocycles. The largest absolute Gasteiger partial charge is 0.475 e. The van der Waals surface area contributed by atoms with E-state index in [1.807, 2.05) is 4.90 Å². The number of aromatic nitrogens is 2. The lowest BCUT2D eigenvalue weighted by atomic mass is 10.2. The number of halogens is 3. The fourth-order valence-electron chi connectivity index (χ4n) is 2.94. The van der Waals surface area contributed by atoms with Gasteiger partial charge in [-0.1, -0.05) is 0 Å². The number of alkyl halides is 3. The van der Waals surface area contributed by atoms with Gasteiger partial charge in [-0.15, -0.1) is 0 Å². The number of rotatable bonds is 6. The van der Waals surface area contributed by atoms with Gasteiger partial charge in [0.1, 0.15) is 18.0 Å². The molecule has 1 fully saturated rings. The summed E-state index contributed by atoms with van der Waals surface area (Å²) in [6.45, 7) is 2.40. The number of amides is 1. The summed E-state index contributed by atoms with van der Waals surface area (Å²) in [4.78, 5) is 24.4. The van der Waals surface area contributed by atoms with Crippen LogP contribution in [0.3, 0.4) is 0 Å². The molecule has 3 rings (SSSR count). The normalized spacial score (nSPS) is 14.8. The summed E-state index contributed by atoms with van der Waals surface area (Å²) in [5, 5.41) is 0. The highest BCUT2D eigenvalue weighted by molar-refractivity contribution is 5.96. The number of carbonyl (C=O) groups excluding carboxylic acids is 1. The van der Waals surface area contributed by atoms with Crippen LogP contribution in [0.15, 0.2) is 36.7 Å². The summed E-state index contributed by atoms with van der Waals surface area (Å²) >= 11 is 0. The minimum atomic E-state index is -4.41. The minimum absolute atomic E-state index is 0.203. The SMILES string of the molecule is COCCOc1ncccc1C(=O)N1CCN(c2ccc(C(F)(F)F)cn2)CC1. The Morgan fingerprint density at radius 3 is 2.48 bits per heavy atom. The first-order valence-corrected chi connectivity index (χ1v) is 9.04. The monoisotopic (exact) mass is 410 g/mol. The Balaban J connectivity index is 1.61. The Morgan fingerprint density at radius 1 is 1.10 bits per heavy atom. The Morgan fingerprint density at radius 2 is 1.86 bits per heavy atom. The van der Waals surface area contributed by atoms with E-state index in [0.29, 0.717) is 44.2 Å². The van der Waals surface area contributed by atoms with Crippen molar-refractivity contribution in [3.05, 3.63) is 47.8 Å². The van der Waals surface area contributed by atoms with Crippen LogP contribution in [0.4, 0.5) is 19.0 Å². The molecule has 0 N–H and O–H groups in total. The van der Waals surface area contributed by atoms with Gasteiger partial charge in [0.25, 0.3) is 5.91 Å². The molecule has 0 bridgehead atoms. The molecular weight excluding hydrogens is 389 g/mol. The van der Waals surface area contributed by atoms with Crippen LogP contribution < -0.4 is 9.64 Å². The second kappa shape index (κ2) is 9.08. The lowest BCUT2D eigenvalue weighted by Gasteiger charge is -2.35. The zero-order valence-corrected chi connectivity index (χ0v) is 15.9. The van der Waals surface area contributed by atoms with Gasteiger partial charge >= 0.3 is 6.18 Å². The molecule has 1 saturated heterocycles. The van der Waals surface area contributed by atoms with Crippen LogP contribution in [0.25, 0.3) is 0 Å². The maximum absolute atomic E-state index is 12.9. The van der Waals surface area contributed by atoms with Crippen molar-refractivity contribution in [1.82, 2.24) is 14.9 Å². The van der Waals surface area contributed by atoms with E-state index < -0.39 is 11.7 Å². The van der Waals surface area contributed by atoms with Crippen LogP contribution in [0.2, 0.25) is 0 Å². The van der Waals surface area contributed by atoms with E-state index in [0.717, 1.165) is 12.3 Å². The average molecular weight is 410 g/mol. The topological polar surface area (TPSA) is 67.8 Å². The van der Waals surface area contributed by atoms with Gasteiger partial charge < -0.3 is 19.3 Å². The highest BCUT2D eigenvalue weighted by Crippen LogP contribution is 2.29. The minimum Gasteiger partial charge on any atom is -0.475 e. The average Bonchev–Trinajstić information content (AvgIpc) is 2.73. The number of pyridine rings is 2. The van der Waals surface area contributed by atoms with Crippen molar-refractivity contribution in [2.45, 2.75) is 6.18 Å². The first kappa shape index (κ1) is 20.8. The second-order valence-electron chi connectivity index (χ2n) is 6.38. The Bertz CT molecular complexity index is 822. The van der Waals surface area contributed by atoms with E-state index in [9.17, 15) is 18.0 Å². The molecule has 10 heteroatoms. The van der Waals surface area contributed by atoms with Gasteiger partial charge in [-0.05, 0) is 24.3 Å². The van der Waals surface area contributed by atoms with Crippen molar-refractivity contribution in [3.8, 4) is 5.88 Å². The van der Waals surface area contributed by atoms with Crippen LogP contribution in [0.5, 0.6) is 5.88 Å². The molecule has 0 unspecified atom stereocenters. The smallest absolute Gasteiger partial charge is 0.417 e. The second-order valence-corrected chi connectivity index (χ2v) is 6.38. The molecule has 0 saturated carbocycles. The third-order valence-electron chi connectivity index (χ3n) is 4.49. The maximum atomic E-state index is 12.9. The first-order valence-electron chi connectivity index (χ1n) is 9.04. The molecule has 1 amide bonds. The quantitative estimate of drug-likeness (QED) is 0.682. The number of methoxy groups -OCH3 is 1. The van der Waals surface area contributed by atoms with Crippen molar-refractivity contribution < 1.29 is 27.4 Å². The molecule has 156 valence electrons. The standard InChI is InChI=1S/C19H21F3N4O3/c1-28-11-12-29-17-15(3-2-6-23-17)18(27)26-9-7-25(8-10-26)16-5-4-14(13-24-16)19(20,21)22/h2-6,13H,7-12H2,1H3. The fourth-order valence-corrected chi connectivity index (χ4v) is 2.94. The van der Waals surface area contributed by atoms with Crippen LogP contribution in [0.1, 0.15) is 15.9 Å². The van der Waals surface area contributed by atoms with E-state index in [4.69, 9.17) is 9.47 Å². The third-order valence-corrected chi connectivity index (χ3v) is 4.49. The Hall–Kier alpha value is -2.88. The van der Waals surface area contributed by atoms with Crippen molar-refractivity contribution in [1.29, 1.82) is 0 Å². The summed E-state index contributed by atoms with van der Waals surface area (Å²) in [6.07, 6.45) is -2.04. The summed E-state index contributed by atoms with van der Waals surface area (Å²) in [7, 11) is 1.55. The van der Waals surface area contributed by atoms with Crippen molar-refractivity contribution in [2.75, 3.05) is 51.4 Å². The molecular formula is C19H21F3N4O3. The predicted octanol–water partition coefficient (Wildman–Crippen LogP) is 2.48. The van der Waals surface area contributed by atoms with E-state index in [1.54, 1.807) is 30.3 Å². The van der Waals surface area contributed by atoms with Crippen LogP contribution in [-0.4, -0.2) is 67.3 Å². The number of ether oxygens (including phenoxy) is 2. The molecule has 0 aromatic carbocycles. The van der Waals surface area contributed by atoms with Gasteiger partial charge in [-0.2, -0.15) is 13.2 Å². The number of carbonyl (C=O) groups is 1. The predicted molar refractivity (Wildman–Crippen MR) is 99.0 cm³/mol. The number of hydrogen-bond acceptors (Lipinski definition) is 6. The summed E-state index contributed by atoms with van der Waals surface area (Å²) in [6, 6.07) is 5.68. The van der Waals surface area contributed by atoms with Gasteiger partial charge in [0.15, 0.2) is 0 Å². The van der Waals surface area contributed by atoms with Gasteiger partial charge in [0.2, 0.25) is 5.88 Å². The van der Waals surface area contributed by atoms with Crippen molar-refractivity contribution in [3.63, 3.8) is 0 Å². The molecule has 0 atom stereocenters. The van der Waals surface area contributed by atoms with E-state index in [-0.39, 0.29) is 18.4 Å². The Labute approximate surface area is 166 Å². The van der Waals surface area contributed by atoms with E-state index in [1.165, 1.54) is 6.07 Å². The van der Waals surface area contributed by atoms with Gasteiger partial charge in [0, 0.05) is 45.7 Å². The molecule has 7 nitrogen and oxygen atoms in total. The highest BCUT2D eigenvalue weighted by Gasteiger charge is 2.31. The zero-order valence-electron chi connectivity index (χ0n) is 15.9. The van der Waals surface area contributed by atoms with Gasteiger partial charge in [0.05, 0.1) is 12.2 Å². The molecule has 3 heterocycles. The summed E-state index contributed by atoms with van der Waals surface area (Å²) in [5.41, 5.74) is -0.419. The van der Waals surface area contributed by atoms with Gasteiger partial charge in [-0.3, -0.25) is 4.79 Å². The zero-order chi connectivity index (χ0) is 20.9. The molecule has 1 aliphatic heterocycles. The Kier molecular flexibility index (Phi) is 6.53. The molecule has 1 aliphatic rings. The van der Waals surface area contributed by atoms with Crippen molar-refractivity contribution >= 4 is 11.7 Å². The molecule has 0 radical (unpaired) electrons.